The summed E-state index contributed by atoms with van der Waals surface area (Å²) in [6.45, 7) is 0. The van der Waals surface area contributed by atoms with E-state index in [4.69, 9.17) is 9.90 Å². The van der Waals surface area contributed by atoms with Crippen molar-refractivity contribution in [2.45, 2.75) is 0 Å². The first-order chi connectivity index (χ1) is 4.23. The molecule has 0 saturated heterocycles. The van der Waals surface area contributed by atoms with Gasteiger partial charge in [0.05, 0.1) is 0 Å². The van der Waals surface area contributed by atoms with E-state index in [-0.39, 0.29) is 29.6 Å². The van der Waals surface area contributed by atoms with Crippen LogP contribution >= 0.6 is 11.3 Å². The second-order valence-corrected chi connectivity index (χ2v) is 1.95. The van der Waals surface area contributed by atoms with Gasteiger partial charge in [-0.15, -0.1) is 0 Å². The molecule has 3 nitrogen and oxygen atoms in total. The van der Waals surface area contributed by atoms with E-state index in [9.17, 15) is 0 Å². The van der Waals surface area contributed by atoms with Crippen molar-refractivity contribution in [1.82, 2.24) is 0 Å². The van der Waals surface area contributed by atoms with E-state index in [1.54, 1.807) is 11.3 Å². The van der Waals surface area contributed by atoms with Crippen molar-refractivity contribution in [3.63, 3.8) is 0 Å². The van der Waals surface area contributed by atoms with Crippen molar-refractivity contribution in [2.24, 2.45) is 5.73 Å². The number of hydrogen-bond donors (Lipinski definition) is 2. The molecule has 1 heterocycles. The van der Waals surface area contributed by atoms with Gasteiger partial charge < -0.3 is 10.8 Å². The molecule has 1 amide bonds. The Labute approximate surface area is 85.2 Å². The predicted molar refractivity (Wildman–Crippen MR) is 43.7 cm³/mol. The van der Waals surface area contributed by atoms with Gasteiger partial charge in [0, 0.05) is 0 Å². The molecule has 52 valence electrons. The van der Waals surface area contributed by atoms with Crippen molar-refractivity contribution in [3.8, 4) is 0 Å². The molecule has 0 saturated carbocycles. The van der Waals surface area contributed by atoms with Gasteiger partial charge in [0.1, 0.15) is 0 Å². The van der Waals surface area contributed by atoms with Crippen LogP contribution < -0.4 is 5.73 Å². The number of carboxylic acid groups (broad SMARTS) is 1. The number of rotatable bonds is 0. The quantitative estimate of drug-likeness (QED) is 0.562. The first-order valence-corrected chi connectivity index (χ1v) is 3.13. The van der Waals surface area contributed by atoms with Crippen LogP contribution in [0.5, 0.6) is 0 Å². The normalized spacial score (nSPS) is 6.40. The molecule has 0 aliphatic rings. The third-order valence-electron chi connectivity index (χ3n) is 0.425. The van der Waals surface area contributed by atoms with Crippen molar-refractivity contribution < 1.29 is 9.90 Å². The van der Waals surface area contributed by atoms with Crippen LogP contribution in [0.25, 0.3) is 0 Å². The second-order valence-electron chi connectivity index (χ2n) is 1.13. The minimum absolute atomic E-state index is 0. The summed E-state index contributed by atoms with van der Waals surface area (Å²) in [6, 6.07) is 4.04. The molecule has 1 aromatic rings. The Bertz CT molecular complexity index is 133. The monoisotopic (exact) mass is 169 g/mol. The molecular formula is C5H8NNaO2S. The zero-order valence-corrected chi connectivity index (χ0v) is 5.47. The maximum atomic E-state index is 8.78. The zero-order chi connectivity index (χ0) is 7.11. The second kappa shape index (κ2) is 8.97. The van der Waals surface area contributed by atoms with E-state index in [1.165, 1.54) is 0 Å². The zero-order valence-electron chi connectivity index (χ0n) is 4.65. The summed E-state index contributed by atoms with van der Waals surface area (Å²) in [4.78, 5) is 8.78. The fourth-order valence-electron chi connectivity index (χ4n) is 0.227. The number of primary amides is 1. The Morgan fingerprint density at radius 3 is 1.80 bits per heavy atom. The van der Waals surface area contributed by atoms with Crippen LogP contribution in [-0.4, -0.2) is 40.8 Å². The Hall–Kier alpha value is -0.0300. The Balaban J connectivity index is 0. The molecule has 0 fully saturated rings. The van der Waals surface area contributed by atoms with Gasteiger partial charge in [-0.3, -0.25) is 0 Å². The van der Waals surface area contributed by atoms with Gasteiger partial charge in [0.25, 0.3) is 0 Å². The van der Waals surface area contributed by atoms with Crippen molar-refractivity contribution in [1.29, 1.82) is 0 Å². The Morgan fingerprint density at radius 1 is 1.40 bits per heavy atom. The SMILES string of the molecule is NC(=O)O.[NaH].c1ccsc1. The molecule has 0 aromatic carbocycles. The molecule has 3 N–H and O–H groups in total. The summed E-state index contributed by atoms with van der Waals surface area (Å²) in [5, 5.41) is 11.3. The Morgan fingerprint density at radius 2 is 1.70 bits per heavy atom. The molecule has 1 rings (SSSR count). The van der Waals surface area contributed by atoms with Crippen LogP contribution in [0.4, 0.5) is 4.79 Å². The molecule has 1 aromatic heterocycles. The maximum Gasteiger partial charge on any atom is -0.00934 e. The smallest absolute Gasteiger partial charge is 0.00934 e. The molecule has 0 aliphatic heterocycles. The summed E-state index contributed by atoms with van der Waals surface area (Å²) >= 11 is 1.71. The fraction of sp³-hybridized carbons (Fsp3) is 0. The molecule has 0 spiro atoms. The number of thiophene rings is 1. The van der Waals surface area contributed by atoms with Crippen LogP contribution in [-0.2, 0) is 0 Å². The van der Waals surface area contributed by atoms with Gasteiger partial charge in [-0.1, -0.05) is 12.1 Å². The first kappa shape index (κ1) is 12.6. The minimum Gasteiger partial charge on any atom is -0.152 e. The van der Waals surface area contributed by atoms with E-state index in [0.717, 1.165) is 0 Å². The van der Waals surface area contributed by atoms with Gasteiger partial charge in [-0.2, -0.15) is 11.3 Å². The average molecular weight is 169 g/mol. The number of amides is 1. The number of carbonyl (C=O) groups is 1. The summed E-state index contributed by atoms with van der Waals surface area (Å²) < 4.78 is 0. The summed E-state index contributed by atoms with van der Waals surface area (Å²) in [5.74, 6) is 0. The van der Waals surface area contributed by atoms with Crippen LogP contribution in [0.1, 0.15) is 0 Å². The molecule has 5 heteroatoms. The summed E-state index contributed by atoms with van der Waals surface area (Å²) in [7, 11) is 0. The topological polar surface area (TPSA) is 63.3 Å². The number of hydrogen-bond acceptors (Lipinski definition) is 2. The van der Waals surface area contributed by atoms with Gasteiger partial charge in [0.15, 0.2) is 0 Å². The average Bonchev–Trinajstić information content (AvgIpc) is 2.11. The number of nitrogens with two attached hydrogens (primary N) is 1. The van der Waals surface area contributed by atoms with Crippen LogP contribution in [0, 0.1) is 0 Å². The van der Waals surface area contributed by atoms with E-state index >= 15 is 0 Å². The molecule has 0 bridgehead atoms. The molecule has 0 unspecified atom stereocenters. The van der Waals surface area contributed by atoms with E-state index in [0.29, 0.717) is 0 Å². The van der Waals surface area contributed by atoms with Crippen molar-refractivity contribution >= 4 is 47.0 Å². The summed E-state index contributed by atoms with van der Waals surface area (Å²) in [5.41, 5.74) is 4.03. The minimum atomic E-state index is -1.33. The van der Waals surface area contributed by atoms with Gasteiger partial charge in [0.2, 0.25) is 0 Å². The molecule has 0 radical (unpaired) electrons. The molecule has 10 heavy (non-hydrogen) atoms. The standard InChI is InChI=1S/C4H4S.CH3NO2.Na.H/c1-2-4-5-3-1;2-1(3)4;;/h1-4H;2H2,(H,3,4);;. The van der Waals surface area contributed by atoms with Gasteiger partial charge >= 0.3 is 35.7 Å². The van der Waals surface area contributed by atoms with E-state index in [1.807, 2.05) is 22.9 Å². The first-order valence-electron chi connectivity index (χ1n) is 2.19. The molecule has 0 atom stereocenters. The fourth-order valence-corrected chi connectivity index (χ4v) is 0.680. The van der Waals surface area contributed by atoms with Crippen LogP contribution in [0.3, 0.4) is 0 Å². The van der Waals surface area contributed by atoms with Crippen molar-refractivity contribution in [3.05, 3.63) is 22.9 Å². The summed E-state index contributed by atoms with van der Waals surface area (Å²) in [6.07, 6.45) is -1.33. The maximum absolute atomic E-state index is 8.78. The third kappa shape index (κ3) is 15.7. The predicted octanol–water partition coefficient (Wildman–Crippen LogP) is 0.723. The molecular weight excluding hydrogens is 161 g/mol. The molecule has 0 aliphatic carbocycles. The van der Waals surface area contributed by atoms with E-state index < -0.39 is 6.09 Å². The third-order valence-corrected chi connectivity index (χ3v) is 1.05. The van der Waals surface area contributed by atoms with Gasteiger partial charge in [-0.05, 0) is 10.8 Å². The largest absolute Gasteiger partial charge is 0.152 e. The van der Waals surface area contributed by atoms with Crippen LogP contribution in [0.2, 0.25) is 0 Å². The van der Waals surface area contributed by atoms with Crippen molar-refractivity contribution in [2.75, 3.05) is 0 Å². The van der Waals surface area contributed by atoms with E-state index in [2.05, 4.69) is 5.73 Å². The van der Waals surface area contributed by atoms with Crippen LogP contribution in [0.15, 0.2) is 22.9 Å². The van der Waals surface area contributed by atoms with Gasteiger partial charge in [-0.25, -0.2) is 4.79 Å². The Kier molecular flexibility index (Phi) is 11.3.